The molecule has 0 aromatic heterocycles. The number of aliphatic hydroxyl groups excluding tert-OH is 1. The van der Waals surface area contributed by atoms with E-state index in [0.29, 0.717) is 28.1 Å². The molecule has 6 heteroatoms. The number of hydrogen-bond donors (Lipinski definition) is 2. The number of halogens is 1. The molecule has 0 radical (unpaired) electrons. The normalized spacial score (nSPS) is 11.6. The van der Waals surface area contributed by atoms with E-state index in [1.165, 1.54) is 7.11 Å². The number of ether oxygens (including phenoxy) is 2. The quantitative estimate of drug-likeness (QED) is 0.743. The molecular weight excluding hydrogens is 326 g/mol. The molecule has 1 aromatic rings. The Morgan fingerprint density at radius 3 is 2.85 bits per heavy atom. The van der Waals surface area contributed by atoms with Crippen molar-refractivity contribution in [3.05, 3.63) is 34.8 Å². The predicted octanol–water partition coefficient (Wildman–Crippen LogP) is 2.02. The fourth-order valence-corrected chi connectivity index (χ4v) is 2.11. The number of rotatable bonds is 7. The Labute approximate surface area is 126 Å². The molecule has 5 nitrogen and oxygen atoms in total. The first-order valence-corrected chi connectivity index (χ1v) is 6.85. The summed E-state index contributed by atoms with van der Waals surface area (Å²) in [6.07, 6.45) is 0.914. The van der Waals surface area contributed by atoms with Gasteiger partial charge in [0.2, 0.25) is 0 Å². The van der Waals surface area contributed by atoms with Crippen molar-refractivity contribution in [1.29, 1.82) is 0 Å². The highest BCUT2D eigenvalue weighted by Gasteiger charge is 2.19. The summed E-state index contributed by atoms with van der Waals surface area (Å²) >= 11 is 3.35. The Kier molecular flexibility index (Phi) is 6.54. The van der Waals surface area contributed by atoms with E-state index in [0.717, 1.165) is 0 Å². The predicted molar refractivity (Wildman–Crippen MR) is 79.9 cm³/mol. The molecule has 0 heterocycles. The summed E-state index contributed by atoms with van der Waals surface area (Å²) in [5, 5.41) is 11.8. The fourth-order valence-electron chi connectivity index (χ4n) is 1.53. The van der Waals surface area contributed by atoms with Crippen LogP contribution in [0.3, 0.4) is 0 Å². The summed E-state index contributed by atoms with van der Waals surface area (Å²) in [5.74, 6) is 0.628. The number of aliphatic hydroxyl groups is 1. The Morgan fingerprint density at radius 1 is 1.60 bits per heavy atom. The van der Waals surface area contributed by atoms with Gasteiger partial charge in [-0.15, -0.1) is 6.58 Å². The fraction of sp³-hybridized carbons (Fsp3) is 0.357. The van der Waals surface area contributed by atoms with Gasteiger partial charge in [-0.25, -0.2) is 0 Å². The van der Waals surface area contributed by atoms with E-state index >= 15 is 0 Å². The van der Waals surface area contributed by atoms with Crippen molar-refractivity contribution < 1.29 is 19.4 Å². The molecule has 2 N–H and O–H groups in total. The molecule has 0 saturated carbocycles. The van der Waals surface area contributed by atoms with Crippen molar-refractivity contribution in [3.63, 3.8) is 0 Å². The molecule has 20 heavy (non-hydrogen) atoms. The number of benzene rings is 1. The Morgan fingerprint density at radius 2 is 2.30 bits per heavy atom. The molecule has 1 amide bonds. The van der Waals surface area contributed by atoms with E-state index in [1.54, 1.807) is 25.1 Å². The highest BCUT2D eigenvalue weighted by Crippen LogP contribution is 2.37. The lowest BCUT2D eigenvalue weighted by Gasteiger charge is -2.18. The summed E-state index contributed by atoms with van der Waals surface area (Å²) in [4.78, 5) is 11.8. The molecule has 1 aromatic carbocycles. The van der Waals surface area contributed by atoms with Gasteiger partial charge in [-0.2, -0.15) is 0 Å². The molecule has 1 rings (SSSR count). The highest BCUT2D eigenvalue weighted by atomic mass is 79.9. The van der Waals surface area contributed by atoms with Crippen LogP contribution < -0.4 is 14.8 Å². The third-order valence-electron chi connectivity index (χ3n) is 2.56. The van der Waals surface area contributed by atoms with Crippen LogP contribution in [0.25, 0.3) is 0 Å². The zero-order chi connectivity index (χ0) is 15.1. The van der Waals surface area contributed by atoms with E-state index in [2.05, 4.69) is 27.8 Å². The number of hydrogen-bond acceptors (Lipinski definition) is 4. The number of amides is 1. The molecular formula is C14H18BrNO4. The van der Waals surface area contributed by atoms with Crippen LogP contribution in [0.15, 0.2) is 29.3 Å². The van der Waals surface area contributed by atoms with Crippen LogP contribution in [0.1, 0.15) is 12.5 Å². The average Bonchev–Trinajstić information content (AvgIpc) is 2.46. The van der Waals surface area contributed by atoms with Gasteiger partial charge in [0.05, 0.1) is 18.2 Å². The second-order valence-electron chi connectivity index (χ2n) is 4.06. The average molecular weight is 344 g/mol. The summed E-state index contributed by atoms with van der Waals surface area (Å²) in [6, 6.07) is 3.38. The van der Waals surface area contributed by atoms with E-state index < -0.39 is 6.10 Å². The van der Waals surface area contributed by atoms with Gasteiger partial charge < -0.3 is 19.9 Å². The van der Waals surface area contributed by atoms with E-state index in [-0.39, 0.29) is 12.5 Å². The van der Waals surface area contributed by atoms with Crippen molar-refractivity contribution >= 4 is 21.8 Å². The van der Waals surface area contributed by atoms with Crippen molar-refractivity contribution in [1.82, 2.24) is 5.32 Å². The third kappa shape index (κ3) is 4.25. The minimum Gasteiger partial charge on any atom is -0.493 e. The molecule has 0 fully saturated rings. The molecule has 0 aliphatic rings. The Balaban J connectivity index is 2.91. The monoisotopic (exact) mass is 343 g/mol. The van der Waals surface area contributed by atoms with Gasteiger partial charge in [0.25, 0.3) is 5.91 Å². The van der Waals surface area contributed by atoms with Crippen LogP contribution in [0.4, 0.5) is 0 Å². The van der Waals surface area contributed by atoms with Crippen LogP contribution in [0.5, 0.6) is 11.5 Å². The topological polar surface area (TPSA) is 67.8 Å². The molecule has 0 saturated heterocycles. The van der Waals surface area contributed by atoms with Gasteiger partial charge >= 0.3 is 0 Å². The van der Waals surface area contributed by atoms with Crippen LogP contribution in [-0.4, -0.2) is 30.8 Å². The second kappa shape index (κ2) is 7.91. The first-order chi connectivity index (χ1) is 9.53. The summed E-state index contributed by atoms with van der Waals surface area (Å²) in [6.45, 7) is 5.45. The second-order valence-corrected chi connectivity index (χ2v) is 4.92. The van der Waals surface area contributed by atoms with Crippen molar-refractivity contribution in [3.8, 4) is 11.5 Å². The summed E-state index contributed by atoms with van der Waals surface area (Å²) in [5.41, 5.74) is 0.685. The van der Waals surface area contributed by atoms with Gasteiger partial charge in [0, 0.05) is 6.54 Å². The van der Waals surface area contributed by atoms with Gasteiger partial charge in [-0.3, -0.25) is 4.79 Å². The highest BCUT2D eigenvalue weighted by molar-refractivity contribution is 9.10. The number of carbonyl (C=O) groups excluding carboxylic acids is 1. The Bertz CT molecular complexity index is 490. The molecule has 1 atom stereocenters. The molecule has 0 spiro atoms. The van der Waals surface area contributed by atoms with Crippen LogP contribution in [-0.2, 0) is 11.4 Å². The first-order valence-electron chi connectivity index (χ1n) is 6.06. The molecule has 0 bridgehead atoms. The van der Waals surface area contributed by atoms with Crippen molar-refractivity contribution in [2.24, 2.45) is 0 Å². The third-order valence-corrected chi connectivity index (χ3v) is 3.15. The Hall–Kier alpha value is -1.53. The van der Waals surface area contributed by atoms with Gasteiger partial charge in [-0.05, 0) is 40.5 Å². The smallest absolute Gasteiger partial charge is 0.261 e. The van der Waals surface area contributed by atoms with Gasteiger partial charge in [-0.1, -0.05) is 6.08 Å². The van der Waals surface area contributed by atoms with E-state index in [4.69, 9.17) is 14.6 Å². The van der Waals surface area contributed by atoms with E-state index in [1.807, 2.05) is 0 Å². The van der Waals surface area contributed by atoms with Crippen LogP contribution >= 0.6 is 15.9 Å². The van der Waals surface area contributed by atoms with E-state index in [9.17, 15) is 4.79 Å². The molecule has 0 aliphatic heterocycles. The summed E-state index contributed by atoms with van der Waals surface area (Å²) in [7, 11) is 1.50. The number of carbonyl (C=O) groups is 1. The lowest BCUT2D eigenvalue weighted by atomic mass is 10.2. The minimum atomic E-state index is -0.680. The molecule has 0 aliphatic carbocycles. The SMILES string of the molecule is C=CCNC(=O)C(C)Oc1c(Br)cc(CO)cc1OC. The minimum absolute atomic E-state index is 0.107. The molecule has 110 valence electrons. The van der Waals surface area contributed by atoms with Crippen molar-refractivity contribution in [2.75, 3.05) is 13.7 Å². The van der Waals surface area contributed by atoms with Crippen LogP contribution in [0.2, 0.25) is 0 Å². The zero-order valence-corrected chi connectivity index (χ0v) is 13.1. The first kappa shape index (κ1) is 16.5. The molecule has 1 unspecified atom stereocenters. The van der Waals surface area contributed by atoms with Gasteiger partial charge in [0.1, 0.15) is 0 Å². The maximum absolute atomic E-state index is 11.8. The zero-order valence-electron chi connectivity index (χ0n) is 11.5. The lowest BCUT2D eigenvalue weighted by molar-refractivity contribution is -0.127. The lowest BCUT2D eigenvalue weighted by Crippen LogP contribution is -2.36. The summed E-state index contributed by atoms with van der Waals surface area (Å²) < 4.78 is 11.5. The maximum atomic E-state index is 11.8. The maximum Gasteiger partial charge on any atom is 0.261 e. The standard InChI is InChI=1S/C14H18BrNO4/c1-4-5-16-14(18)9(2)20-13-11(15)6-10(8-17)7-12(13)19-3/h4,6-7,9,17H,1,5,8H2,2-3H3,(H,16,18). The number of nitrogens with one attached hydrogen (secondary N) is 1. The van der Waals surface area contributed by atoms with Crippen LogP contribution in [0, 0.1) is 0 Å². The number of methoxy groups -OCH3 is 1. The van der Waals surface area contributed by atoms with Crippen molar-refractivity contribution in [2.45, 2.75) is 19.6 Å². The largest absolute Gasteiger partial charge is 0.493 e. The van der Waals surface area contributed by atoms with Gasteiger partial charge in [0.15, 0.2) is 17.6 Å².